The van der Waals surface area contributed by atoms with E-state index in [4.69, 9.17) is 0 Å². The highest BCUT2D eigenvalue weighted by atomic mass is 32.2. The molecule has 3 heteroatoms. The van der Waals surface area contributed by atoms with E-state index in [1.54, 1.807) is 23.9 Å². The topological polar surface area (TPSA) is 12.0 Å². The molecule has 17 heavy (non-hydrogen) atoms. The molecule has 1 aliphatic carbocycles. The van der Waals surface area contributed by atoms with Crippen molar-refractivity contribution in [1.29, 1.82) is 0 Å². The molecule has 1 saturated carbocycles. The van der Waals surface area contributed by atoms with Crippen LogP contribution in [0.4, 0.5) is 4.39 Å². The second-order valence-corrected chi connectivity index (χ2v) is 5.72. The van der Waals surface area contributed by atoms with Gasteiger partial charge in [-0.25, -0.2) is 4.39 Å². The fraction of sp³-hybridized carbons (Fsp3) is 0.571. The third-order valence-electron chi connectivity index (χ3n) is 3.41. The Balaban J connectivity index is 1.85. The molecule has 1 atom stereocenters. The molecule has 0 aromatic heterocycles. The molecule has 0 amide bonds. The van der Waals surface area contributed by atoms with Gasteiger partial charge in [-0.1, -0.05) is 19.4 Å². The van der Waals surface area contributed by atoms with Crippen LogP contribution in [0.2, 0.25) is 0 Å². The van der Waals surface area contributed by atoms with Crippen LogP contribution in [0.15, 0.2) is 29.2 Å². The maximum Gasteiger partial charge on any atom is 0.124 e. The van der Waals surface area contributed by atoms with Crippen molar-refractivity contribution >= 4 is 11.8 Å². The monoisotopic (exact) mass is 253 g/mol. The molecule has 1 unspecified atom stereocenters. The van der Waals surface area contributed by atoms with E-state index in [2.05, 4.69) is 12.2 Å². The summed E-state index contributed by atoms with van der Waals surface area (Å²) in [5, 5.41) is 3.55. The molecule has 1 N–H and O–H groups in total. The Morgan fingerprint density at radius 1 is 1.47 bits per heavy atom. The molecular formula is C14H20FNS. The van der Waals surface area contributed by atoms with E-state index < -0.39 is 0 Å². The Bertz CT molecular complexity index is 352. The number of benzene rings is 1. The van der Waals surface area contributed by atoms with Gasteiger partial charge in [0.15, 0.2) is 0 Å². The molecule has 0 aliphatic heterocycles. The summed E-state index contributed by atoms with van der Waals surface area (Å²) in [5.74, 6) is 1.73. The van der Waals surface area contributed by atoms with Gasteiger partial charge in [-0.15, -0.1) is 11.8 Å². The van der Waals surface area contributed by atoms with Crippen molar-refractivity contribution in [3.63, 3.8) is 0 Å². The van der Waals surface area contributed by atoms with Gasteiger partial charge in [0.25, 0.3) is 0 Å². The minimum atomic E-state index is -0.140. The van der Waals surface area contributed by atoms with Crippen molar-refractivity contribution in [3.8, 4) is 0 Å². The third kappa shape index (κ3) is 3.71. The van der Waals surface area contributed by atoms with Gasteiger partial charge in [-0.05, 0) is 43.5 Å². The zero-order chi connectivity index (χ0) is 12.1. The SMILES string of the molecule is CCNC(CSc1cccc(F)c1)C1CCC1. The largest absolute Gasteiger partial charge is 0.313 e. The van der Waals surface area contributed by atoms with E-state index in [9.17, 15) is 4.39 Å². The van der Waals surface area contributed by atoms with E-state index in [0.717, 1.165) is 23.1 Å². The van der Waals surface area contributed by atoms with Gasteiger partial charge in [-0.2, -0.15) is 0 Å². The smallest absolute Gasteiger partial charge is 0.124 e. The maximum absolute atomic E-state index is 13.0. The number of thioether (sulfide) groups is 1. The van der Waals surface area contributed by atoms with E-state index in [-0.39, 0.29) is 5.82 Å². The van der Waals surface area contributed by atoms with Crippen molar-refractivity contribution in [2.24, 2.45) is 5.92 Å². The summed E-state index contributed by atoms with van der Waals surface area (Å²) in [6, 6.07) is 7.47. The lowest BCUT2D eigenvalue weighted by molar-refractivity contribution is 0.246. The lowest BCUT2D eigenvalue weighted by Crippen LogP contribution is -2.41. The predicted molar refractivity (Wildman–Crippen MR) is 71.9 cm³/mol. The van der Waals surface area contributed by atoms with Crippen molar-refractivity contribution < 1.29 is 4.39 Å². The van der Waals surface area contributed by atoms with Crippen LogP contribution in [-0.4, -0.2) is 18.3 Å². The number of rotatable bonds is 6. The molecule has 1 aliphatic rings. The fourth-order valence-electron chi connectivity index (χ4n) is 2.21. The van der Waals surface area contributed by atoms with Crippen molar-refractivity contribution in [2.75, 3.05) is 12.3 Å². The maximum atomic E-state index is 13.0. The summed E-state index contributed by atoms with van der Waals surface area (Å²) in [7, 11) is 0. The average Bonchev–Trinajstić information content (AvgIpc) is 2.24. The standard InChI is InChI=1S/C14H20FNS/c1-2-16-14(11-5-3-6-11)10-17-13-8-4-7-12(15)9-13/h4,7-9,11,14,16H,2-3,5-6,10H2,1H3. The highest BCUT2D eigenvalue weighted by Crippen LogP contribution is 2.32. The van der Waals surface area contributed by atoms with Crippen LogP contribution < -0.4 is 5.32 Å². The number of hydrogen-bond donors (Lipinski definition) is 1. The fourth-order valence-corrected chi connectivity index (χ4v) is 3.34. The van der Waals surface area contributed by atoms with Crippen molar-refractivity contribution in [2.45, 2.75) is 37.1 Å². The lowest BCUT2D eigenvalue weighted by Gasteiger charge is -2.34. The zero-order valence-electron chi connectivity index (χ0n) is 10.3. The van der Waals surface area contributed by atoms with E-state index in [1.807, 2.05) is 6.07 Å². The van der Waals surface area contributed by atoms with Crippen LogP contribution >= 0.6 is 11.8 Å². The molecule has 0 radical (unpaired) electrons. The summed E-state index contributed by atoms with van der Waals surface area (Å²) < 4.78 is 13.0. The predicted octanol–water partition coefficient (Wildman–Crippen LogP) is 3.70. The number of nitrogens with one attached hydrogen (secondary N) is 1. The molecule has 1 aromatic rings. The molecule has 94 valence electrons. The first-order valence-electron chi connectivity index (χ1n) is 6.41. The molecule has 0 saturated heterocycles. The second kappa shape index (κ2) is 6.41. The summed E-state index contributed by atoms with van der Waals surface area (Å²) in [6.07, 6.45) is 4.07. The Morgan fingerprint density at radius 3 is 2.88 bits per heavy atom. The first-order valence-corrected chi connectivity index (χ1v) is 7.40. The quantitative estimate of drug-likeness (QED) is 0.776. The summed E-state index contributed by atoms with van der Waals surface area (Å²) in [6.45, 7) is 3.17. The van der Waals surface area contributed by atoms with Gasteiger partial charge < -0.3 is 5.32 Å². The third-order valence-corrected chi connectivity index (χ3v) is 4.52. The van der Waals surface area contributed by atoms with Crippen molar-refractivity contribution in [3.05, 3.63) is 30.1 Å². The molecule has 0 bridgehead atoms. The normalized spacial score (nSPS) is 17.8. The lowest BCUT2D eigenvalue weighted by atomic mass is 9.80. The van der Waals surface area contributed by atoms with Crippen LogP contribution in [0.5, 0.6) is 0 Å². The van der Waals surface area contributed by atoms with E-state index in [1.165, 1.54) is 25.3 Å². The molecule has 1 aromatic carbocycles. The van der Waals surface area contributed by atoms with E-state index in [0.29, 0.717) is 6.04 Å². The second-order valence-electron chi connectivity index (χ2n) is 4.62. The van der Waals surface area contributed by atoms with Crippen LogP contribution in [0, 0.1) is 11.7 Å². The summed E-state index contributed by atoms with van der Waals surface area (Å²) in [5.41, 5.74) is 0. The Kier molecular flexibility index (Phi) is 4.86. The van der Waals surface area contributed by atoms with Gasteiger partial charge in [0, 0.05) is 16.7 Å². The first kappa shape index (κ1) is 12.9. The van der Waals surface area contributed by atoms with Gasteiger partial charge in [0.05, 0.1) is 0 Å². The van der Waals surface area contributed by atoms with Crippen LogP contribution in [0.1, 0.15) is 26.2 Å². The zero-order valence-corrected chi connectivity index (χ0v) is 11.1. The molecule has 0 heterocycles. The van der Waals surface area contributed by atoms with Gasteiger partial charge in [0.1, 0.15) is 5.82 Å². The van der Waals surface area contributed by atoms with E-state index >= 15 is 0 Å². The average molecular weight is 253 g/mol. The molecule has 1 nitrogen and oxygen atoms in total. The molecule has 2 rings (SSSR count). The van der Waals surface area contributed by atoms with Crippen molar-refractivity contribution in [1.82, 2.24) is 5.32 Å². The van der Waals surface area contributed by atoms with Crippen LogP contribution in [-0.2, 0) is 0 Å². The number of halogens is 1. The Labute approximate surface area is 107 Å². The van der Waals surface area contributed by atoms with Gasteiger partial charge in [-0.3, -0.25) is 0 Å². The van der Waals surface area contributed by atoms with Crippen LogP contribution in [0.25, 0.3) is 0 Å². The minimum absolute atomic E-state index is 0.140. The van der Waals surface area contributed by atoms with Gasteiger partial charge >= 0.3 is 0 Å². The van der Waals surface area contributed by atoms with Gasteiger partial charge in [0.2, 0.25) is 0 Å². The molecule has 1 fully saturated rings. The minimum Gasteiger partial charge on any atom is -0.313 e. The first-order chi connectivity index (χ1) is 8.29. The Morgan fingerprint density at radius 2 is 2.29 bits per heavy atom. The summed E-state index contributed by atoms with van der Waals surface area (Å²) >= 11 is 1.76. The highest BCUT2D eigenvalue weighted by molar-refractivity contribution is 7.99. The molecule has 0 spiro atoms. The Hall–Kier alpha value is -0.540. The molecular weight excluding hydrogens is 233 g/mol. The van der Waals surface area contributed by atoms with Crippen LogP contribution in [0.3, 0.4) is 0 Å². The highest BCUT2D eigenvalue weighted by Gasteiger charge is 2.26. The summed E-state index contributed by atoms with van der Waals surface area (Å²) in [4.78, 5) is 1.03. The number of hydrogen-bond acceptors (Lipinski definition) is 2.